The molecule has 4 heteroatoms. The smallest absolute Gasteiger partial charge is 0.226 e. The maximum atomic E-state index is 8.73. The second-order valence-electron chi connectivity index (χ2n) is 5.51. The molecule has 3 unspecified atom stereocenters. The van der Waals surface area contributed by atoms with Crippen LogP contribution in [0.4, 0.5) is 0 Å². The normalized spacial score (nSPS) is 31.2. The molecule has 4 nitrogen and oxygen atoms in total. The number of aliphatic hydroxyl groups excluding tert-OH is 1. The Bertz CT molecular complexity index is 377. The van der Waals surface area contributed by atoms with Gasteiger partial charge in [-0.25, -0.2) is 0 Å². The molecule has 1 heterocycles. The Morgan fingerprint density at radius 1 is 1.24 bits per heavy atom. The maximum Gasteiger partial charge on any atom is 0.226 e. The topological polar surface area (TPSA) is 59.2 Å². The number of aliphatic hydroxyl groups is 1. The molecule has 2 fully saturated rings. The Labute approximate surface area is 101 Å². The fraction of sp³-hybridized carbons (Fsp3) is 0.846. The first-order valence-corrected chi connectivity index (χ1v) is 6.80. The molecule has 0 aromatic carbocycles. The summed E-state index contributed by atoms with van der Waals surface area (Å²) in [6.07, 6.45) is 7.93. The fourth-order valence-electron chi connectivity index (χ4n) is 3.47. The van der Waals surface area contributed by atoms with Crippen LogP contribution in [0.1, 0.15) is 56.2 Å². The molecule has 2 saturated carbocycles. The zero-order valence-corrected chi connectivity index (χ0v) is 10.1. The van der Waals surface area contributed by atoms with Crippen LogP contribution in [0.25, 0.3) is 0 Å². The van der Waals surface area contributed by atoms with Crippen molar-refractivity contribution in [3.63, 3.8) is 0 Å². The van der Waals surface area contributed by atoms with Gasteiger partial charge in [-0.15, -0.1) is 0 Å². The van der Waals surface area contributed by atoms with Crippen molar-refractivity contribution in [3.8, 4) is 0 Å². The van der Waals surface area contributed by atoms with Gasteiger partial charge in [-0.2, -0.15) is 4.98 Å². The number of aromatic nitrogens is 2. The summed E-state index contributed by atoms with van der Waals surface area (Å²) >= 11 is 0. The van der Waals surface area contributed by atoms with E-state index in [1.807, 2.05) is 0 Å². The quantitative estimate of drug-likeness (QED) is 0.797. The molecule has 0 amide bonds. The van der Waals surface area contributed by atoms with Gasteiger partial charge in [0.25, 0.3) is 0 Å². The lowest BCUT2D eigenvalue weighted by Crippen LogP contribution is -2.10. The van der Waals surface area contributed by atoms with Gasteiger partial charge >= 0.3 is 0 Å². The molecule has 1 aromatic heterocycles. The van der Waals surface area contributed by atoms with Gasteiger partial charge in [0.05, 0.1) is 0 Å². The Hall–Kier alpha value is -0.900. The van der Waals surface area contributed by atoms with E-state index in [2.05, 4.69) is 10.1 Å². The molecule has 0 radical (unpaired) electrons. The molecule has 3 rings (SSSR count). The number of hydrogen-bond donors (Lipinski definition) is 1. The van der Waals surface area contributed by atoms with Gasteiger partial charge in [-0.05, 0) is 43.9 Å². The summed E-state index contributed by atoms with van der Waals surface area (Å²) in [5, 5.41) is 12.9. The number of aryl methyl sites for hydroxylation is 1. The zero-order valence-electron chi connectivity index (χ0n) is 10.1. The van der Waals surface area contributed by atoms with Crippen LogP contribution in [0, 0.1) is 11.8 Å². The minimum Gasteiger partial charge on any atom is -0.396 e. The lowest BCUT2D eigenvalue weighted by Gasteiger charge is -2.17. The minimum absolute atomic E-state index is 0.243. The van der Waals surface area contributed by atoms with E-state index >= 15 is 0 Å². The molecular weight excluding hydrogens is 216 g/mol. The van der Waals surface area contributed by atoms with E-state index in [-0.39, 0.29) is 6.61 Å². The first-order valence-electron chi connectivity index (χ1n) is 6.80. The third-order valence-corrected chi connectivity index (χ3v) is 4.35. The molecule has 2 bridgehead atoms. The maximum absolute atomic E-state index is 8.73. The van der Waals surface area contributed by atoms with E-state index < -0.39 is 0 Å². The van der Waals surface area contributed by atoms with Crippen molar-refractivity contribution in [1.29, 1.82) is 0 Å². The zero-order chi connectivity index (χ0) is 11.7. The number of unbranched alkanes of at least 4 members (excludes halogenated alkanes) is 1. The van der Waals surface area contributed by atoms with Crippen molar-refractivity contribution in [3.05, 3.63) is 11.7 Å². The fourth-order valence-corrected chi connectivity index (χ4v) is 3.47. The number of hydrogen-bond acceptors (Lipinski definition) is 4. The van der Waals surface area contributed by atoms with Gasteiger partial charge in [0, 0.05) is 18.9 Å². The molecular formula is C13H20N2O2. The summed E-state index contributed by atoms with van der Waals surface area (Å²) in [5.74, 6) is 3.97. The molecule has 94 valence electrons. The molecule has 0 spiro atoms. The summed E-state index contributed by atoms with van der Waals surface area (Å²) in [6.45, 7) is 0.243. The molecule has 17 heavy (non-hydrogen) atoms. The van der Waals surface area contributed by atoms with Crippen LogP contribution in [-0.2, 0) is 6.42 Å². The van der Waals surface area contributed by atoms with Crippen LogP contribution >= 0.6 is 0 Å². The van der Waals surface area contributed by atoms with Crippen molar-refractivity contribution in [2.75, 3.05) is 6.61 Å². The van der Waals surface area contributed by atoms with Gasteiger partial charge in [0.15, 0.2) is 5.82 Å². The average molecular weight is 236 g/mol. The number of nitrogens with zero attached hydrogens (tertiary/aromatic N) is 2. The van der Waals surface area contributed by atoms with Crippen LogP contribution < -0.4 is 0 Å². The van der Waals surface area contributed by atoms with Crippen molar-refractivity contribution < 1.29 is 9.63 Å². The Morgan fingerprint density at radius 2 is 2.18 bits per heavy atom. The Morgan fingerprint density at radius 3 is 2.88 bits per heavy atom. The van der Waals surface area contributed by atoms with E-state index in [9.17, 15) is 0 Å². The molecule has 2 aliphatic carbocycles. The van der Waals surface area contributed by atoms with E-state index in [0.717, 1.165) is 42.8 Å². The highest BCUT2D eigenvalue weighted by molar-refractivity contribution is 5.06. The highest BCUT2D eigenvalue weighted by atomic mass is 16.5. The van der Waals surface area contributed by atoms with Crippen molar-refractivity contribution >= 4 is 0 Å². The van der Waals surface area contributed by atoms with E-state index in [4.69, 9.17) is 9.63 Å². The Balaban J connectivity index is 1.60. The molecule has 3 atom stereocenters. The largest absolute Gasteiger partial charge is 0.396 e. The minimum atomic E-state index is 0.243. The third-order valence-electron chi connectivity index (χ3n) is 4.35. The molecule has 0 aliphatic heterocycles. The molecule has 1 N–H and O–H groups in total. The summed E-state index contributed by atoms with van der Waals surface area (Å²) in [6, 6.07) is 0. The summed E-state index contributed by atoms with van der Waals surface area (Å²) in [7, 11) is 0. The van der Waals surface area contributed by atoms with E-state index in [1.165, 1.54) is 25.7 Å². The van der Waals surface area contributed by atoms with Crippen LogP contribution in [0.3, 0.4) is 0 Å². The molecule has 0 saturated heterocycles. The molecule has 1 aromatic rings. The first kappa shape index (κ1) is 11.2. The standard InChI is InChI=1S/C13H20N2O2/c16-6-2-1-3-12-14-13(15-17-12)11-8-9-4-5-10(11)7-9/h9-11,16H,1-8H2. The molecule has 2 aliphatic rings. The van der Waals surface area contributed by atoms with Gasteiger partial charge in [0.1, 0.15) is 0 Å². The lowest BCUT2D eigenvalue weighted by molar-refractivity contribution is 0.280. The van der Waals surface area contributed by atoms with Gasteiger partial charge in [0.2, 0.25) is 5.89 Å². The van der Waals surface area contributed by atoms with Crippen LogP contribution in [0.2, 0.25) is 0 Å². The van der Waals surface area contributed by atoms with Gasteiger partial charge in [-0.3, -0.25) is 0 Å². The SMILES string of the molecule is OCCCCc1nc(C2CC3CCC2C3)no1. The van der Waals surface area contributed by atoms with Crippen molar-refractivity contribution in [2.24, 2.45) is 11.8 Å². The predicted octanol–water partition coefficient (Wildman–Crippen LogP) is 2.29. The average Bonchev–Trinajstić information content (AvgIpc) is 3.04. The van der Waals surface area contributed by atoms with Gasteiger partial charge in [-0.1, -0.05) is 11.6 Å². The monoisotopic (exact) mass is 236 g/mol. The highest BCUT2D eigenvalue weighted by Gasteiger charge is 2.42. The Kier molecular flexibility index (Phi) is 3.14. The third kappa shape index (κ3) is 2.23. The second kappa shape index (κ2) is 4.77. The summed E-state index contributed by atoms with van der Waals surface area (Å²) in [4.78, 5) is 4.52. The number of fused-ring (bicyclic) bond motifs is 2. The predicted molar refractivity (Wildman–Crippen MR) is 62.5 cm³/mol. The second-order valence-corrected chi connectivity index (χ2v) is 5.51. The van der Waals surface area contributed by atoms with Crippen molar-refractivity contribution in [1.82, 2.24) is 10.1 Å². The van der Waals surface area contributed by atoms with Crippen LogP contribution in [0.15, 0.2) is 4.52 Å². The lowest BCUT2D eigenvalue weighted by atomic mass is 9.88. The van der Waals surface area contributed by atoms with Crippen LogP contribution in [-0.4, -0.2) is 21.9 Å². The van der Waals surface area contributed by atoms with Crippen LogP contribution in [0.5, 0.6) is 0 Å². The summed E-state index contributed by atoms with van der Waals surface area (Å²) < 4.78 is 5.29. The summed E-state index contributed by atoms with van der Waals surface area (Å²) in [5.41, 5.74) is 0. The van der Waals surface area contributed by atoms with E-state index in [0.29, 0.717) is 5.92 Å². The van der Waals surface area contributed by atoms with E-state index in [1.54, 1.807) is 0 Å². The number of rotatable bonds is 5. The van der Waals surface area contributed by atoms with Gasteiger partial charge < -0.3 is 9.63 Å². The van der Waals surface area contributed by atoms with Crippen molar-refractivity contribution in [2.45, 2.75) is 50.9 Å². The highest BCUT2D eigenvalue weighted by Crippen LogP contribution is 2.52. The first-order chi connectivity index (χ1) is 8.36.